The van der Waals surface area contributed by atoms with Crippen molar-refractivity contribution in [2.75, 3.05) is 20.6 Å². The molecule has 0 aliphatic heterocycles. The molecule has 0 radical (unpaired) electrons. The van der Waals surface area contributed by atoms with E-state index in [2.05, 4.69) is 40.2 Å². The SMILES string of the molecule is Cc1cc(C(=O)NCC2(N(C)C)CCC2)ccc1Br. The second-order valence-electron chi connectivity index (χ2n) is 5.62. The van der Waals surface area contributed by atoms with Crippen molar-refractivity contribution in [3.63, 3.8) is 0 Å². The molecule has 0 atom stereocenters. The molecule has 0 heterocycles. The van der Waals surface area contributed by atoms with Gasteiger partial charge in [-0.15, -0.1) is 0 Å². The molecule has 1 N–H and O–H groups in total. The Kier molecular flexibility index (Phi) is 4.31. The van der Waals surface area contributed by atoms with Crippen LogP contribution in [-0.2, 0) is 0 Å². The normalized spacial score (nSPS) is 17.1. The van der Waals surface area contributed by atoms with Gasteiger partial charge in [0.25, 0.3) is 5.91 Å². The summed E-state index contributed by atoms with van der Waals surface area (Å²) in [6, 6.07) is 5.70. The maximum Gasteiger partial charge on any atom is 0.251 e. The quantitative estimate of drug-likeness (QED) is 0.923. The first-order valence-electron chi connectivity index (χ1n) is 6.66. The largest absolute Gasteiger partial charge is 0.350 e. The number of aryl methyl sites for hydroxylation is 1. The predicted molar refractivity (Wildman–Crippen MR) is 81.5 cm³/mol. The van der Waals surface area contributed by atoms with E-state index in [-0.39, 0.29) is 11.4 Å². The third kappa shape index (κ3) is 3.00. The van der Waals surface area contributed by atoms with Crippen molar-refractivity contribution >= 4 is 21.8 Å². The highest BCUT2D eigenvalue weighted by atomic mass is 79.9. The Labute approximate surface area is 123 Å². The monoisotopic (exact) mass is 324 g/mol. The molecule has 1 aromatic carbocycles. The van der Waals surface area contributed by atoms with Gasteiger partial charge >= 0.3 is 0 Å². The minimum Gasteiger partial charge on any atom is -0.350 e. The van der Waals surface area contributed by atoms with Crippen LogP contribution in [0.5, 0.6) is 0 Å². The van der Waals surface area contributed by atoms with Gasteiger partial charge in [-0.3, -0.25) is 4.79 Å². The maximum atomic E-state index is 12.2. The minimum absolute atomic E-state index is 0.0173. The van der Waals surface area contributed by atoms with Crippen LogP contribution in [-0.4, -0.2) is 37.0 Å². The molecule has 0 unspecified atom stereocenters. The van der Waals surface area contributed by atoms with Crippen molar-refractivity contribution in [1.82, 2.24) is 10.2 Å². The van der Waals surface area contributed by atoms with E-state index in [0.717, 1.165) is 22.1 Å². The lowest BCUT2D eigenvalue weighted by Crippen LogP contribution is -2.57. The molecule has 1 aliphatic carbocycles. The van der Waals surface area contributed by atoms with Crippen LogP contribution in [0.3, 0.4) is 0 Å². The van der Waals surface area contributed by atoms with Crippen molar-refractivity contribution in [3.05, 3.63) is 33.8 Å². The molecular weight excluding hydrogens is 304 g/mol. The molecule has 4 heteroatoms. The molecule has 0 saturated heterocycles. The molecule has 1 saturated carbocycles. The molecule has 3 nitrogen and oxygen atoms in total. The van der Waals surface area contributed by atoms with Crippen LogP contribution in [0.15, 0.2) is 22.7 Å². The molecule has 1 amide bonds. The second-order valence-corrected chi connectivity index (χ2v) is 6.47. The molecule has 1 aliphatic rings. The number of nitrogens with zero attached hydrogens (tertiary/aromatic N) is 1. The summed E-state index contributed by atoms with van der Waals surface area (Å²) in [6.07, 6.45) is 3.59. The van der Waals surface area contributed by atoms with E-state index >= 15 is 0 Å². The molecule has 1 fully saturated rings. The number of hydrogen-bond acceptors (Lipinski definition) is 2. The van der Waals surface area contributed by atoms with E-state index in [1.807, 2.05) is 25.1 Å². The maximum absolute atomic E-state index is 12.2. The lowest BCUT2D eigenvalue weighted by Gasteiger charge is -2.47. The molecule has 104 valence electrons. The van der Waals surface area contributed by atoms with Gasteiger partial charge in [-0.05, 0) is 64.0 Å². The number of carbonyl (C=O) groups excluding carboxylic acids is 1. The van der Waals surface area contributed by atoms with Gasteiger partial charge in [0, 0.05) is 22.1 Å². The van der Waals surface area contributed by atoms with Crippen molar-refractivity contribution in [1.29, 1.82) is 0 Å². The summed E-state index contributed by atoms with van der Waals surface area (Å²) in [6.45, 7) is 2.72. The summed E-state index contributed by atoms with van der Waals surface area (Å²) in [5.41, 5.74) is 1.98. The number of benzene rings is 1. The summed E-state index contributed by atoms with van der Waals surface area (Å²) >= 11 is 3.45. The zero-order chi connectivity index (χ0) is 14.0. The third-order valence-electron chi connectivity index (χ3n) is 4.23. The van der Waals surface area contributed by atoms with Crippen molar-refractivity contribution in [2.24, 2.45) is 0 Å². The van der Waals surface area contributed by atoms with Gasteiger partial charge in [0.2, 0.25) is 0 Å². The van der Waals surface area contributed by atoms with E-state index in [1.54, 1.807) is 0 Å². The lowest BCUT2D eigenvalue weighted by atomic mass is 9.75. The first-order chi connectivity index (χ1) is 8.94. The van der Waals surface area contributed by atoms with Gasteiger partial charge in [-0.25, -0.2) is 0 Å². The fraction of sp³-hybridized carbons (Fsp3) is 0.533. The molecule has 0 spiro atoms. The number of rotatable bonds is 4. The number of nitrogens with one attached hydrogen (secondary N) is 1. The second kappa shape index (κ2) is 5.63. The van der Waals surface area contributed by atoms with Crippen LogP contribution < -0.4 is 5.32 Å². The first kappa shape index (κ1) is 14.5. The van der Waals surface area contributed by atoms with Crippen LogP contribution in [0.25, 0.3) is 0 Å². The number of carbonyl (C=O) groups is 1. The molecular formula is C15H21BrN2O. The minimum atomic E-state index is 0.0173. The van der Waals surface area contributed by atoms with Crippen molar-refractivity contribution < 1.29 is 4.79 Å². The Bertz CT molecular complexity index is 481. The first-order valence-corrected chi connectivity index (χ1v) is 7.46. The average Bonchev–Trinajstić information content (AvgIpc) is 2.30. The standard InChI is InChI=1S/C15H21BrN2O/c1-11-9-12(5-6-13(11)16)14(19)17-10-15(18(2)3)7-4-8-15/h5-6,9H,4,7-8,10H2,1-3H3,(H,17,19). The number of amides is 1. The predicted octanol–water partition coefficient (Wildman–Crippen LogP) is 2.97. The van der Waals surface area contributed by atoms with E-state index in [1.165, 1.54) is 19.3 Å². The Hall–Kier alpha value is -0.870. The fourth-order valence-electron chi connectivity index (χ4n) is 2.50. The van der Waals surface area contributed by atoms with Crippen LogP contribution in [0.1, 0.15) is 35.2 Å². The third-order valence-corrected chi connectivity index (χ3v) is 5.12. The zero-order valence-electron chi connectivity index (χ0n) is 11.8. The van der Waals surface area contributed by atoms with E-state index < -0.39 is 0 Å². The molecule has 19 heavy (non-hydrogen) atoms. The summed E-state index contributed by atoms with van der Waals surface area (Å²) in [5, 5.41) is 3.07. The van der Waals surface area contributed by atoms with E-state index in [9.17, 15) is 4.79 Å². The van der Waals surface area contributed by atoms with Gasteiger partial charge in [0.05, 0.1) is 0 Å². The number of hydrogen-bond donors (Lipinski definition) is 1. The van der Waals surface area contributed by atoms with E-state index in [0.29, 0.717) is 0 Å². The summed E-state index contributed by atoms with van der Waals surface area (Å²) in [7, 11) is 4.18. The number of likely N-dealkylation sites (N-methyl/N-ethyl adjacent to an activating group) is 1. The van der Waals surface area contributed by atoms with Crippen LogP contribution in [0.4, 0.5) is 0 Å². The van der Waals surface area contributed by atoms with Gasteiger partial charge in [-0.1, -0.05) is 15.9 Å². The van der Waals surface area contributed by atoms with Gasteiger partial charge in [0.1, 0.15) is 0 Å². The smallest absolute Gasteiger partial charge is 0.251 e. The highest BCUT2D eigenvalue weighted by Gasteiger charge is 2.39. The van der Waals surface area contributed by atoms with Crippen LogP contribution in [0.2, 0.25) is 0 Å². The van der Waals surface area contributed by atoms with Gasteiger partial charge < -0.3 is 10.2 Å². The summed E-state index contributed by atoms with van der Waals surface area (Å²) < 4.78 is 1.04. The average molecular weight is 325 g/mol. The molecule has 1 aromatic rings. The van der Waals surface area contributed by atoms with Gasteiger partial charge in [-0.2, -0.15) is 0 Å². The molecule has 0 aromatic heterocycles. The van der Waals surface area contributed by atoms with Crippen LogP contribution >= 0.6 is 15.9 Å². The molecule has 2 rings (SSSR count). The highest BCUT2D eigenvalue weighted by molar-refractivity contribution is 9.10. The zero-order valence-corrected chi connectivity index (χ0v) is 13.4. The topological polar surface area (TPSA) is 32.3 Å². The Morgan fingerprint density at radius 1 is 1.42 bits per heavy atom. The Morgan fingerprint density at radius 3 is 2.58 bits per heavy atom. The van der Waals surface area contributed by atoms with Crippen molar-refractivity contribution in [3.8, 4) is 0 Å². The molecule has 0 bridgehead atoms. The summed E-state index contributed by atoms with van der Waals surface area (Å²) in [5.74, 6) is 0.0173. The van der Waals surface area contributed by atoms with Gasteiger partial charge in [0.15, 0.2) is 0 Å². The Morgan fingerprint density at radius 2 is 2.11 bits per heavy atom. The van der Waals surface area contributed by atoms with E-state index in [4.69, 9.17) is 0 Å². The fourth-order valence-corrected chi connectivity index (χ4v) is 2.75. The van der Waals surface area contributed by atoms with Crippen LogP contribution in [0, 0.1) is 6.92 Å². The van der Waals surface area contributed by atoms with Crippen molar-refractivity contribution in [2.45, 2.75) is 31.7 Å². The number of halogens is 1. The highest BCUT2D eigenvalue weighted by Crippen LogP contribution is 2.35. The Balaban J connectivity index is 1.99. The lowest BCUT2D eigenvalue weighted by molar-refractivity contribution is 0.0557. The summed E-state index contributed by atoms with van der Waals surface area (Å²) in [4.78, 5) is 14.4.